The van der Waals surface area contributed by atoms with Crippen LogP contribution in [0, 0.1) is 0 Å². The number of ether oxygens (including phenoxy) is 3. The smallest absolute Gasteiger partial charge is 0.317 e. The summed E-state index contributed by atoms with van der Waals surface area (Å²) in [5.74, 6) is 1.59. The first-order chi connectivity index (χ1) is 16.9. The molecule has 2 heterocycles. The van der Waals surface area contributed by atoms with E-state index in [1.54, 1.807) is 57.5 Å². The van der Waals surface area contributed by atoms with Crippen LogP contribution in [-0.4, -0.2) is 72.3 Å². The van der Waals surface area contributed by atoms with Gasteiger partial charge in [-0.05, 0) is 18.2 Å². The van der Waals surface area contributed by atoms with E-state index in [-0.39, 0.29) is 12.5 Å². The van der Waals surface area contributed by atoms with Crippen molar-refractivity contribution in [1.29, 1.82) is 0 Å². The van der Waals surface area contributed by atoms with Crippen LogP contribution >= 0.6 is 0 Å². The Morgan fingerprint density at radius 2 is 1.49 bits per heavy atom. The number of fused-ring (bicyclic) bond motifs is 1. The van der Waals surface area contributed by atoms with Gasteiger partial charge in [0.15, 0.2) is 11.5 Å². The van der Waals surface area contributed by atoms with Crippen molar-refractivity contribution in [3.63, 3.8) is 0 Å². The highest BCUT2D eigenvalue weighted by molar-refractivity contribution is 5.80. The van der Waals surface area contributed by atoms with E-state index in [9.17, 15) is 14.4 Å². The lowest BCUT2D eigenvalue weighted by molar-refractivity contribution is -0.133. The van der Waals surface area contributed by atoms with Crippen LogP contribution in [0.15, 0.2) is 46.0 Å². The Hall–Kier alpha value is -3.79. The Balaban J connectivity index is 1.46. The second-order valence-electron chi connectivity index (χ2n) is 8.39. The first kappa shape index (κ1) is 24.3. The van der Waals surface area contributed by atoms with E-state index in [0.717, 1.165) is 5.56 Å². The summed E-state index contributed by atoms with van der Waals surface area (Å²) in [5.41, 5.74) is 0.790. The molecule has 35 heavy (non-hydrogen) atoms. The van der Waals surface area contributed by atoms with Crippen molar-refractivity contribution in [3.05, 3.63) is 62.7 Å². The molecule has 2 aromatic carbocycles. The number of hydrogen-bond acceptors (Lipinski definition) is 7. The SMILES string of the molecule is COc1ccc(CN2CCN(C(=O)Cn3c(=O)c(=O)n(C)c4ccccc43)CC2)c(OC)c1OC. The van der Waals surface area contributed by atoms with E-state index >= 15 is 0 Å². The van der Waals surface area contributed by atoms with Crippen LogP contribution in [-0.2, 0) is 24.9 Å². The van der Waals surface area contributed by atoms with Gasteiger partial charge in [-0.2, -0.15) is 0 Å². The molecule has 1 fully saturated rings. The van der Waals surface area contributed by atoms with Crippen LogP contribution in [0.3, 0.4) is 0 Å². The predicted molar refractivity (Wildman–Crippen MR) is 131 cm³/mol. The third-order valence-electron chi connectivity index (χ3n) is 6.46. The van der Waals surface area contributed by atoms with Gasteiger partial charge in [-0.15, -0.1) is 0 Å². The van der Waals surface area contributed by atoms with Crippen LogP contribution in [0.4, 0.5) is 0 Å². The molecule has 0 unspecified atom stereocenters. The van der Waals surface area contributed by atoms with E-state index in [1.165, 1.54) is 9.13 Å². The molecule has 0 saturated carbocycles. The number of para-hydroxylation sites is 2. The second kappa shape index (κ2) is 10.2. The van der Waals surface area contributed by atoms with Gasteiger partial charge in [0, 0.05) is 45.3 Å². The number of rotatable bonds is 7. The molecule has 0 aliphatic carbocycles. The molecular weight excluding hydrogens is 452 g/mol. The molecule has 1 aliphatic rings. The maximum atomic E-state index is 13.1. The maximum absolute atomic E-state index is 13.1. The lowest BCUT2D eigenvalue weighted by Crippen LogP contribution is -2.50. The normalized spacial score (nSPS) is 14.2. The number of hydrogen-bond donors (Lipinski definition) is 0. The molecule has 0 atom stereocenters. The molecule has 186 valence electrons. The second-order valence-corrected chi connectivity index (χ2v) is 8.39. The highest BCUT2D eigenvalue weighted by Crippen LogP contribution is 2.40. The van der Waals surface area contributed by atoms with E-state index in [2.05, 4.69) is 4.90 Å². The van der Waals surface area contributed by atoms with Crippen LogP contribution in [0.1, 0.15) is 5.56 Å². The fraction of sp³-hybridized carbons (Fsp3) is 0.400. The van der Waals surface area contributed by atoms with E-state index in [1.807, 2.05) is 12.1 Å². The number of piperazine rings is 1. The van der Waals surface area contributed by atoms with Crippen LogP contribution in [0.25, 0.3) is 11.0 Å². The number of benzene rings is 2. The summed E-state index contributed by atoms with van der Waals surface area (Å²) in [7, 11) is 6.31. The van der Waals surface area contributed by atoms with Gasteiger partial charge in [-0.1, -0.05) is 18.2 Å². The van der Waals surface area contributed by atoms with Crippen LogP contribution in [0.5, 0.6) is 17.2 Å². The minimum atomic E-state index is -0.696. The maximum Gasteiger partial charge on any atom is 0.317 e. The molecule has 0 radical (unpaired) electrons. The lowest BCUT2D eigenvalue weighted by Gasteiger charge is -2.35. The number of carbonyl (C=O) groups excluding carboxylic acids is 1. The highest BCUT2D eigenvalue weighted by atomic mass is 16.5. The molecule has 1 aromatic heterocycles. The fourth-order valence-corrected chi connectivity index (χ4v) is 4.53. The number of nitrogens with zero attached hydrogens (tertiary/aromatic N) is 4. The van der Waals surface area contributed by atoms with Crippen molar-refractivity contribution in [3.8, 4) is 17.2 Å². The minimum Gasteiger partial charge on any atom is -0.493 e. The largest absolute Gasteiger partial charge is 0.493 e. The van der Waals surface area contributed by atoms with Gasteiger partial charge in [0.05, 0.1) is 32.4 Å². The Bertz CT molecular complexity index is 1350. The first-order valence-electron chi connectivity index (χ1n) is 11.4. The molecule has 0 N–H and O–H groups in total. The zero-order valence-corrected chi connectivity index (χ0v) is 20.4. The third-order valence-corrected chi connectivity index (χ3v) is 6.46. The van der Waals surface area contributed by atoms with E-state index in [4.69, 9.17) is 14.2 Å². The number of amides is 1. The van der Waals surface area contributed by atoms with Gasteiger partial charge >= 0.3 is 11.1 Å². The van der Waals surface area contributed by atoms with Crippen molar-refractivity contribution in [2.75, 3.05) is 47.5 Å². The number of carbonyl (C=O) groups is 1. The highest BCUT2D eigenvalue weighted by Gasteiger charge is 2.24. The molecular formula is C25H30N4O6. The molecule has 1 aliphatic heterocycles. The molecule has 1 saturated heterocycles. The third kappa shape index (κ3) is 4.61. The molecule has 10 heteroatoms. The van der Waals surface area contributed by atoms with Crippen molar-refractivity contribution in [2.45, 2.75) is 13.1 Å². The average molecular weight is 483 g/mol. The minimum absolute atomic E-state index is 0.168. The Morgan fingerprint density at radius 3 is 2.11 bits per heavy atom. The summed E-state index contributed by atoms with van der Waals surface area (Å²) >= 11 is 0. The molecule has 3 aromatic rings. The summed E-state index contributed by atoms with van der Waals surface area (Å²) in [6, 6.07) is 10.9. The summed E-state index contributed by atoms with van der Waals surface area (Å²) in [4.78, 5) is 42.1. The number of methoxy groups -OCH3 is 3. The summed E-state index contributed by atoms with van der Waals surface area (Å²) in [5, 5.41) is 0. The van der Waals surface area contributed by atoms with Crippen LogP contribution < -0.4 is 25.3 Å². The van der Waals surface area contributed by atoms with Gasteiger partial charge in [0.25, 0.3) is 0 Å². The van der Waals surface area contributed by atoms with E-state index < -0.39 is 11.1 Å². The van der Waals surface area contributed by atoms with Crippen molar-refractivity contribution in [2.24, 2.45) is 7.05 Å². The van der Waals surface area contributed by atoms with Crippen LogP contribution in [0.2, 0.25) is 0 Å². The van der Waals surface area contributed by atoms with Crippen molar-refractivity contribution in [1.82, 2.24) is 18.9 Å². The zero-order chi connectivity index (χ0) is 25.1. The first-order valence-corrected chi connectivity index (χ1v) is 11.4. The predicted octanol–water partition coefficient (Wildman–Crippen LogP) is 1.07. The number of aromatic nitrogens is 2. The monoisotopic (exact) mass is 482 g/mol. The quantitative estimate of drug-likeness (QED) is 0.465. The van der Waals surface area contributed by atoms with Crippen molar-refractivity contribution >= 4 is 16.9 Å². The standard InChI is InChI=1S/C25H30N4O6/c1-26-18-7-5-6-8-19(18)29(25(32)24(26)31)16-21(30)28-13-11-27(12-14-28)15-17-9-10-20(33-2)23(35-4)22(17)34-3/h5-10H,11-16H2,1-4H3. The summed E-state index contributed by atoms with van der Waals surface area (Å²) in [6.45, 7) is 2.83. The molecule has 0 bridgehead atoms. The molecule has 10 nitrogen and oxygen atoms in total. The average Bonchev–Trinajstić information content (AvgIpc) is 2.89. The van der Waals surface area contributed by atoms with Gasteiger partial charge in [-0.25, -0.2) is 0 Å². The summed E-state index contributed by atoms with van der Waals surface area (Å²) in [6.07, 6.45) is 0. The number of aryl methyl sites for hydroxylation is 1. The zero-order valence-electron chi connectivity index (χ0n) is 20.4. The van der Waals surface area contributed by atoms with Crippen molar-refractivity contribution < 1.29 is 19.0 Å². The van der Waals surface area contributed by atoms with E-state index in [0.29, 0.717) is 61.0 Å². The molecule has 0 spiro atoms. The molecule has 1 amide bonds. The van der Waals surface area contributed by atoms with Gasteiger partial charge in [0.2, 0.25) is 11.7 Å². The molecule has 4 rings (SSSR count). The van der Waals surface area contributed by atoms with Gasteiger partial charge in [-0.3, -0.25) is 23.9 Å². The summed E-state index contributed by atoms with van der Waals surface area (Å²) < 4.78 is 19.0. The van der Waals surface area contributed by atoms with Gasteiger partial charge < -0.3 is 23.7 Å². The fourth-order valence-electron chi connectivity index (χ4n) is 4.53. The Kier molecular flexibility index (Phi) is 7.11. The Labute approximate surface area is 202 Å². The lowest BCUT2D eigenvalue weighted by atomic mass is 10.1. The topological polar surface area (TPSA) is 95.2 Å². The van der Waals surface area contributed by atoms with Gasteiger partial charge in [0.1, 0.15) is 6.54 Å². The Morgan fingerprint density at radius 1 is 0.829 bits per heavy atom.